The maximum Gasteiger partial charge on any atom is 0.272 e. The fourth-order valence-electron chi connectivity index (χ4n) is 3.89. The van der Waals surface area contributed by atoms with Crippen LogP contribution in [0.2, 0.25) is 0 Å². The van der Waals surface area contributed by atoms with E-state index in [2.05, 4.69) is 17.1 Å². The third-order valence-electron chi connectivity index (χ3n) is 5.46. The fourth-order valence-corrected chi connectivity index (χ4v) is 3.89. The van der Waals surface area contributed by atoms with Crippen molar-refractivity contribution in [2.45, 2.75) is 19.8 Å². The lowest BCUT2D eigenvalue weighted by Gasteiger charge is -2.32. The lowest BCUT2D eigenvalue weighted by molar-refractivity contribution is 0.0632. The van der Waals surface area contributed by atoms with Gasteiger partial charge in [0.25, 0.3) is 5.91 Å². The normalized spacial score (nSPS) is 16.4. The summed E-state index contributed by atoms with van der Waals surface area (Å²) in [6, 6.07) is 23.3. The Kier molecular flexibility index (Phi) is 5.52. The topological polar surface area (TPSA) is 50.3 Å². The predicted octanol–water partition coefficient (Wildman–Crippen LogP) is 4.79. The van der Waals surface area contributed by atoms with Crippen molar-refractivity contribution < 1.29 is 9.59 Å². The zero-order chi connectivity index (χ0) is 20.2. The molecule has 4 nitrogen and oxygen atoms in total. The van der Waals surface area contributed by atoms with Crippen molar-refractivity contribution in [2.24, 2.45) is 5.92 Å². The standard InChI is InChI=1S/C25H24N2O2/c1-18-7-5-11-23(26-18)25(29)27-16-6-10-22(17-27)24(28)21-14-12-20(13-15-21)19-8-3-2-4-9-19/h2-5,7-9,11-15,22H,6,10,16-17H2,1H3. The maximum atomic E-state index is 13.1. The Morgan fingerprint density at radius 1 is 0.897 bits per heavy atom. The monoisotopic (exact) mass is 384 g/mol. The molecule has 0 radical (unpaired) electrons. The van der Waals surface area contributed by atoms with Crippen molar-refractivity contribution in [3.05, 3.63) is 89.7 Å². The number of pyridine rings is 1. The van der Waals surface area contributed by atoms with Gasteiger partial charge in [-0.2, -0.15) is 0 Å². The van der Waals surface area contributed by atoms with Gasteiger partial charge in [-0.15, -0.1) is 0 Å². The Balaban J connectivity index is 1.46. The van der Waals surface area contributed by atoms with E-state index >= 15 is 0 Å². The van der Waals surface area contributed by atoms with Gasteiger partial charge in [-0.3, -0.25) is 9.59 Å². The number of aryl methyl sites for hydroxylation is 1. The number of benzene rings is 2. The van der Waals surface area contributed by atoms with Gasteiger partial charge in [0.15, 0.2) is 5.78 Å². The first-order chi connectivity index (χ1) is 14.1. The molecule has 1 aromatic heterocycles. The smallest absolute Gasteiger partial charge is 0.272 e. The second kappa shape index (κ2) is 8.39. The second-order valence-electron chi connectivity index (χ2n) is 7.56. The van der Waals surface area contributed by atoms with Crippen LogP contribution >= 0.6 is 0 Å². The molecule has 0 bridgehead atoms. The highest BCUT2D eigenvalue weighted by Gasteiger charge is 2.30. The molecule has 29 heavy (non-hydrogen) atoms. The molecule has 1 saturated heterocycles. The fraction of sp³-hybridized carbons (Fsp3) is 0.240. The number of piperidine rings is 1. The molecule has 4 rings (SSSR count). The van der Waals surface area contributed by atoms with E-state index in [1.54, 1.807) is 11.0 Å². The Morgan fingerprint density at radius 3 is 2.34 bits per heavy atom. The molecule has 0 saturated carbocycles. The molecule has 1 aliphatic rings. The number of likely N-dealkylation sites (tertiary alicyclic amines) is 1. The average molecular weight is 384 g/mol. The van der Waals surface area contributed by atoms with E-state index in [0.717, 1.165) is 29.7 Å². The molecule has 4 heteroatoms. The molecular weight excluding hydrogens is 360 g/mol. The van der Waals surface area contributed by atoms with Crippen LogP contribution in [0.3, 0.4) is 0 Å². The van der Waals surface area contributed by atoms with E-state index in [1.165, 1.54) is 0 Å². The van der Waals surface area contributed by atoms with E-state index in [1.807, 2.05) is 61.5 Å². The molecule has 0 spiro atoms. The molecule has 0 N–H and O–H groups in total. The van der Waals surface area contributed by atoms with E-state index in [4.69, 9.17) is 0 Å². The van der Waals surface area contributed by atoms with E-state index in [9.17, 15) is 9.59 Å². The summed E-state index contributed by atoms with van der Waals surface area (Å²) in [6.45, 7) is 3.00. The highest BCUT2D eigenvalue weighted by molar-refractivity contribution is 5.99. The van der Waals surface area contributed by atoms with Crippen LogP contribution in [-0.4, -0.2) is 34.7 Å². The van der Waals surface area contributed by atoms with Crippen LogP contribution in [0.5, 0.6) is 0 Å². The molecule has 1 fully saturated rings. The van der Waals surface area contributed by atoms with Gasteiger partial charge in [0.2, 0.25) is 0 Å². The van der Waals surface area contributed by atoms with Crippen molar-refractivity contribution in [2.75, 3.05) is 13.1 Å². The number of amides is 1. The quantitative estimate of drug-likeness (QED) is 0.608. The van der Waals surface area contributed by atoms with Gasteiger partial charge in [-0.25, -0.2) is 4.98 Å². The Morgan fingerprint density at radius 2 is 1.62 bits per heavy atom. The minimum Gasteiger partial charge on any atom is -0.337 e. The SMILES string of the molecule is Cc1cccc(C(=O)N2CCCC(C(=O)c3ccc(-c4ccccc4)cc3)C2)n1. The molecule has 146 valence electrons. The average Bonchev–Trinajstić information content (AvgIpc) is 2.79. The van der Waals surface area contributed by atoms with Gasteiger partial charge >= 0.3 is 0 Å². The summed E-state index contributed by atoms with van der Waals surface area (Å²) in [6.07, 6.45) is 1.64. The molecule has 1 amide bonds. The molecular formula is C25H24N2O2. The van der Waals surface area contributed by atoms with E-state index < -0.39 is 0 Å². The number of aromatic nitrogens is 1. The van der Waals surface area contributed by atoms with E-state index in [-0.39, 0.29) is 17.6 Å². The van der Waals surface area contributed by atoms with Crippen molar-refractivity contribution in [3.8, 4) is 11.1 Å². The lowest BCUT2D eigenvalue weighted by Crippen LogP contribution is -2.42. The highest BCUT2D eigenvalue weighted by atomic mass is 16.2. The maximum absolute atomic E-state index is 13.1. The number of carbonyl (C=O) groups is 2. The van der Waals surface area contributed by atoms with Gasteiger partial charge in [0.05, 0.1) is 0 Å². The number of nitrogens with zero attached hydrogens (tertiary/aromatic N) is 2. The predicted molar refractivity (Wildman–Crippen MR) is 114 cm³/mol. The first kappa shape index (κ1) is 19.1. The van der Waals surface area contributed by atoms with Crippen LogP contribution in [0.4, 0.5) is 0 Å². The summed E-state index contributed by atoms with van der Waals surface area (Å²) >= 11 is 0. The Labute approximate surface area is 171 Å². The summed E-state index contributed by atoms with van der Waals surface area (Å²) in [5.41, 5.74) is 4.20. The minimum absolute atomic E-state index is 0.0920. The first-order valence-electron chi connectivity index (χ1n) is 10.0. The molecule has 1 unspecified atom stereocenters. The number of ketones is 1. The van der Waals surface area contributed by atoms with Crippen LogP contribution in [-0.2, 0) is 0 Å². The van der Waals surface area contributed by atoms with Gasteiger partial charge in [0.1, 0.15) is 5.69 Å². The molecule has 1 atom stereocenters. The summed E-state index contributed by atoms with van der Waals surface area (Å²) in [5.74, 6) is -0.148. The van der Waals surface area contributed by atoms with Crippen LogP contribution in [0.1, 0.15) is 39.4 Å². The molecule has 2 heterocycles. The molecule has 3 aromatic rings. The van der Waals surface area contributed by atoms with Crippen molar-refractivity contribution in [3.63, 3.8) is 0 Å². The first-order valence-corrected chi connectivity index (χ1v) is 10.0. The number of rotatable bonds is 4. The zero-order valence-corrected chi connectivity index (χ0v) is 16.5. The van der Waals surface area contributed by atoms with Crippen LogP contribution < -0.4 is 0 Å². The van der Waals surface area contributed by atoms with Crippen LogP contribution in [0, 0.1) is 12.8 Å². The van der Waals surface area contributed by atoms with Crippen molar-refractivity contribution >= 4 is 11.7 Å². The Hall–Kier alpha value is -3.27. The molecule has 0 aliphatic carbocycles. The number of Topliss-reactive ketones (excluding diaryl/α,β-unsaturated/α-hetero) is 1. The zero-order valence-electron chi connectivity index (χ0n) is 16.5. The Bertz CT molecular complexity index is 1010. The molecule has 1 aliphatic heterocycles. The van der Waals surface area contributed by atoms with Crippen LogP contribution in [0.15, 0.2) is 72.8 Å². The summed E-state index contributed by atoms with van der Waals surface area (Å²) in [5, 5.41) is 0. The lowest BCUT2D eigenvalue weighted by atomic mass is 9.89. The van der Waals surface area contributed by atoms with Crippen LogP contribution in [0.25, 0.3) is 11.1 Å². The summed E-state index contributed by atoms with van der Waals surface area (Å²) in [7, 11) is 0. The number of hydrogen-bond acceptors (Lipinski definition) is 3. The van der Waals surface area contributed by atoms with Gasteiger partial charge < -0.3 is 4.90 Å². The summed E-state index contributed by atoms with van der Waals surface area (Å²) < 4.78 is 0. The van der Waals surface area contributed by atoms with Gasteiger partial charge in [-0.1, -0.05) is 60.7 Å². The van der Waals surface area contributed by atoms with Gasteiger partial charge in [0, 0.05) is 30.3 Å². The number of carbonyl (C=O) groups excluding carboxylic acids is 2. The number of hydrogen-bond donors (Lipinski definition) is 0. The second-order valence-corrected chi connectivity index (χ2v) is 7.56. The van der Waals surface area contributed by atoms with Crippen molar-refractivity contribution in [1.29, 1.82) is 0 Å². The van der Waals surface area contributed by atoms with E-state index in [0.29, 0.717) is 24.3 Å². The van der Waals surface area contributed by atoms with Gasteiger partial charge in [-0.05, 0) is 43.0 Å². The minimum atomic E-state index is -0.167. The third kappa shape index (κ3) is 4.27. The highest BCUT2D eigenvalue weighted by Crippen LogP contribution is 2.24. The largest absolute Gasteiger partial charge is 0.337 e. The molecule has 2 aromatic carbocycles. The summed E-state index contributed by atoms with van der Waals surface area (Å²) in [4.78, 5) is 32.0. The van der Waals surface area contributed by atoms with Crippen molar-refractivity contribution in [1.82, 2.24) is 9.88 Å². The third-order valence-corrected chi connectivity index (χ3v) is 5.46.